The molecule has 0 saturated heterocycles. The molecule has 1 rings (SSSR count). The highest BCUT2D eigenvalue weighted by Crippen LogP contribution is 2.16. The van der Waals surface area contributed by atoms with Gasteiger partial charge in [0.2, 0.25) is 0 Å². The van der Waals surface area contributed by atoms with Crippen LogP contribution in [0.1, 0.15) is 18.9 Å². The SMILES string of the molecule is Cc1ccccc1OCCC(=O)C(C)N. The predicted octanol–water partition coefficient (Wildman–Crippen LogP) is 1.68. The van der Waals surface area contributed by atoms with Gasteiger partial charge in [-0.3, -0.25) is 4.79 Å². The Morgan fingerprint density at radius 3 is 2.73 bits per heavy atom. The van der Waals surface area contributed by atoms with Crippen molar-refractivity contribution in [3.8, 4) is 5.75 Å². The third-order valence-corrected chi connectivity index (χ3v) is 2.21. The number of Topliss-reactive ketones (excluding diaryl/α,β-unsaturated/α-hetero) is 1. The summed E-state index contributed by atoms with van der Waals surface area (Å²) in [7, 11) is 0. The molecule has 0 aliphatic rings. The number of ketones is 1. The van der Waals surface area contributed by atoms with E-state index in [0.717, 1.165) is 11.3 Å². The smallest absolute Gasteiger partial charge is 0.152 e. The Bertz CT molecular complexity index is 334. The van der Waals surface area contributed by atoms with Crippen LogP contribution in [-0.2, 0) is 4.79 Å². The molecule has 0 fully saturated rings. The van der Waals surface area contributed by atoms with Crippen LogP contribution in [0.25, 0.3) is 0 Å². The number of rotatable bonds is 5. The van der Waals surface area contributed by atoms with Gasteiger partial charge in [0.05, 0.1) is 12.6 Å². The Kier molecular flexibility index (Phi) is 4.31. The van der Waals surface area contributed by atoms with E-state index in [9.17, 15) is 4.79 Å². The fourth-order valence-corrected chi connectivity index (χ4v) is 1.21. The van der Waals surface area contributed by atoms with Crippen LogP contribution in [-0.4, -0.2) is 18.4 Å². The number of benzene rings is 1. The lowest BCUT2D eigenvalue weighted by Crippen LogP contribution is -2.27. The normalized spacial score (nSPS) is 12.2. The molecule has 0 spiro atoms. The maximum Gasteiger partial charge on any atom is 0.152 e. The van der Waals surface area contributed by atoms with Gasteiger partial charge >= 0.3 is 0 Å². The van der Waals surface area contributed by atoms with Crippen molar-refractivity contribution < 1.29 is 9.53 Å². The second-order valence-electron chi connectivity index (χ2n) is 3.62. The summed E-state index contributed by atoms with van der Waals surface area (Å²) in [6.07, 6.45) is 0.367. The largest absolute Gasteiger partial charge is 0.493 e. The third-order valence-electron chi connectivity index (χ3n) is 2.21. The topological polar surface area (TPSA) is 52.3 Å². The molecule has 0 aromatic heterocycles. The van der Waals surface area contributed by atoms with E-state index in [1.165, 1.54) is 0 Å². The third kappa shape index (κ3) is 3.72. The lowest BCUT2D eigenvalue weighted by atomic mass is 10.2. The van der Waals surface area contributed by atoms with Crippen LogP contribution in [0.15, 0.2) is 24.3 Å². The Morgan fingerprint density at radius 2 is 2.13 bits per heavy atom. The average Bonchev–Trinajstić information content (AvgIpc) is 2.20. The Labute approximate surface area is 90.2 Å². The molecule has 0 saturated carbocycles. The van der Waals surface area contributed by atoms with Gasteiger partial charge in [0.1, 0.15) is 5.75 Å². The van der Waals surface area contributed by atoms with Crippen LogP contribution >= 0.6 is 0 Å². The molecule has 1 unspecified atom stereocenters. The Balaban J connectivity index is 2.38. The molecule has 82 valence electrons. The van der Waals surface area contributed by atoms with E-state index in [0.29, 0.717) is 13.0 Å². The number of carbonyl (C=O) groups is 1. The van der Waals surface area contributed by atoms with Crippen molar-refractivity contribution in [1.29, 1.82) is 0 Å². The molecule has 1 aromatic carbocycles. The summed E-state index contributed by atoms with van der Waals surface area (Å²) in [5.41, 5.74) is 6.51. The number of nitrogens with two attached hydrogens (primary N) is 1. The lowest BCUT2D eigenvalue weighted by Gasteiger charge is -2.09. The summed E-state index contributed by atoms with van der Waals surface area (Å²) < 4.78 is 5.48. The summed E-state index contributed by atoms with van der Waals surface area (Å²) in [6.45, 7) is 4.06. The van der Waals surface area contributed by atoms with Crippen LogP contribution in [0.4, 0.5) is 0 Å². The quantitative estimate of drug-likeness (QED) is 0.799. The fraction of sp³-hybridized carbons (Fsp3) is 0.417. The van der Waals surface area contributed by atoms with E-state index < -0.39 is 6.04 Å². The van der Waals surface area contributed by atoms with Gasteiger partial charge in [0.15, 0.2) is 5.78 Å². The summed E-state index contributed by atoms with van der Waals surface area (Å²) in [5.74, 6) is 0.860. The molecule has 15 heavy (non-hydrogen) atoms. The van der Waals surface area contributed by atoms with Crippen LogP contribution in [0.5, 0.6) is 5.75 Å². The summed E-state index contributed by atoms with van der Waals surface area (Å²) in [5, 5.41) is 0. The molecule has 3 nitrogen and oxygen atoms in total. The van der Waals surface area contributed by atoms with Crippen LogP contribution in [0.3, 0.4) is 0 Å². The number of ether oxygens (including phenoxy) is 1. The zero-order valence-corrected chi connectivity index (χ0v) is 9.19. The first-order valence-corrected chi connectivity index (χ1v) is 5.08. The van der Waals surface area contributed by atoms with E-state index in [2.05, 4.69) is 0 Å². The molecule has 0 radical (unpaired) electrons. The van der Waals surface area contributed by atoms with Gasteiger partial charge in [0.25, 0.3) is 0 Å². The van der Waals surface area contributed by atoms with E-state index >= 15 is 0 Å². The minimum Gasteiger partial charge on any atom is -0.493 e. The van der Waals surface area contributed by atoms with Crippen molar-refractivity contribution in [1.82, 2.24) is 0 Å². The standard InChI is InChI=1S/C12H17NO2/c1-9-5-3-4-6-12(9)15-8-7-11(14)10(2)13/h3-6,10H,7-8,13H2,1-2H3. The number of carbonyl (C=O) groups excluding carboxylic acids is 1. The molecule has 0 heterocycles. The molecule has 0 aliphatic heterocycles. The van der Waals surface area contributed by atoms with Crippen LogP contribution in [0, 0.1) is 6.92 Å². The minimum absolute atomic E-state index is 0.0311. The second kappa shape index (κ2) is 5.51. The maximum atomic E-state index is 11.2. The first-order chi connectivity index (χ1) is 7.11. The van der Waals surface area contributed by atoms with E-state index in [1.54, 1.807) is 6.92 Å². The van der Waals surface area contributed by atoms with Gasteiger partial charge in [-0.1, -0.05) is 18.2 Å². The van der Waals surface area contributed by atoms with Crippen molar-refractivity contribution in [2.75, 3.05) is 6.61 Å². The molecular weight excluding hydrogens is 190 g/mol. The summed E-state index contributed by atoms with van der Waals surface area (Å²) in [4.78, 5) is 11.2. The number of hydrogen-bond donors (Lipinski definition) is 1. The van der Waals surface area contributed by atoms with Crippen molar-refractivity contribution >= 4 is 5.78 Å². The van der Waals surface area contributed by atoms with Crippen molar-refractivity contribution in [2.45, 2.75) is 26.3 Å². The number of hydrogen-bond acceptors (Lipinski definition) is 3. The van der Waals surface area contributed by atoms with Crippen molar-refractivity contribution in [2.24, 2.45) is 5.73 Å². The molecule has 0 amide bonds. The predicted molar refractivity (Wildman–Crippen MR) is 59.9 cm³/mol. The molecule has 0 bridgehead atoms. The number of aryl methyl sites for hydroxylation is 1. The van der Waals surface area contributed by atoms with E-state index in [-0.39, 0.29) is 5.78 Å². The van der Waals surface area contributed by atoms with Crippen LogP contribution in [0.2, 0.25) is 0 Å². The van der Waals surface area contributed by atoms with E-state index in [4.69, 9.17) is 10.5 Å². The number of para-hydroxylation sites is 1. The first kappa shape index (κ1) is 11.7. The fourth-order valence-electron chi connectivity index (χ4n) is 1.21. The Hall–Kier alpha value is -1.35. The molecule has 1 aromatic rings. The average molecular weight is 207 g/mol. The molecule has 3 heteroatoms. The minimum atomic E-state index is -0.398. The summed E-state index contributed by atoms with van der Waals surface area (Å²) in [6, 6.07) is 7.34. The highest BCUT2D eigenvalue weighted by molar-refractivity contribution is 5.83. The molecular formula is C12H17NO2. The second-order valence-corrected chi connectivity index (χ2v) is 3.62. The van der Waals surface area contributed by atoms with Gasteiger partial charge in [-0.15, -0.1) is 0 Å². The Morgan fingerprint density at radius 1 is 1.47 bits per heavy atom. The molecule has 1 atom stereocenters. The highest BCUT2D eigenvalue weighted by atomic mass is 16.5. The monoisotopic (exact) mass is 207 g/mol. The highest BCUT2D eigenvalue weighted by Gasteiger charge is 2.07. The molecule has 0 aliphatic carbocycles. The van der Waals surface area contributed by atoms with Gasteiger partial charge in [-0.2, -0.15) is 0 Å². The first-order valence-electron chi connectivity index (χ1n) is 5.08. The van der Waals surface area contributed by atoms with Crippen molar-refractivity contribution in [3.63, 3.8) is 0 Å². The zero-order chi connectivity index (χ0) is 11.3. The summed E-state index contributed by atoms with van der Waals surface area (Å²) >= 11 is 0. The van der Waals surface area contributed by atoms with Gasteiger partial charge < -0.3 is 10.5 Å². The zero-order valence-electron chi connectivity index (χ0n) is 9.19. The van der Waals surface area contributed by atoms with E-state index in [1.807, 2.05) is 31.2 Å². The lowest BCUT2D eigenvalue weighted by molar-refractivity contribution is -0.120. The van der Waals surface area contributed by atoms with Crippen molar-refractivity contribution in [3.05, 3.63) is 29.8 Å². The van der Waals surface area contributed by atoms with Gasteiger partial charge in [-0.05, 0) is 25.5 Å². The van der Waals surface area contributed by atoms with Crippen LogP contribution < -0.4 is 10.5 Å². The van der Waals surface area contributed by atoms with Gasteiger partial charge in [0, 0.05) is 6.42 Å². The maximum absolute atomic E-state index is 11.2. The molecule has 2 N–H and O–H groups in total. The van der Waals surface area contributed by atoms with Gasteiger partial charge in [-0.25, -0.2) is 0 Å².